The number of aromatic nitrogens is 1. The molecule has 1 aromatic heterocycles. The Morgan fingerprint density at radius 2 is 2.00 bits per heavy atom. The van der Waals surface area contributed by atoms with Crippen LogP contribution in [-0.2, 0) is 17.8 Å². The predicted octanol–water partition coefficient (Wildman–Crippen LogP) is 4.76. The van der Waals surface area contributed by atoms with Crippen LogP contribution in [0.25, 0.3) is 0 Å². The summed E-state index contributed by atoms with van der Waals surface area (Å²) >= 11 is 0. The predicted molar refractivity (Wildman–Crippen MR) is 109 cm³/mol. The molecule has 1 aliphatic rings. The zero-order valence-electron chi connectivity index (χ0n) is 17.4. The number of hydrogen-bond acceptors (Lipinski definition) is 4. The quantitative estimate of drug-likeness (QED) is 0.677. The topological polar surface area (TPSA) is 64.4 Å². The fourth-order valence-corrected chi connectivity index (χ4v) is 4.00. The summed E-state index contributed by atoms with van der Waals surface area (Å²) in [6, 6.07) is 11.9. The first-order valence-corrected chi connectivity index (χ1v) is 10.4. The number of ether oxygens (including phenoxy) is 1. The van der Waals surface area contributed by atoms with Crippen molar-refractivity contribution in [3.8, 4) is 5.75 Å². The van der Waals surface area contributed by atoms with Crippen LogP contribution < -0.4 is 10.1 Å². The van der Waals surface area contributed by atoms with Crippen molar-refractivity contribution in [3.05, 3.63) is 47.9 Å². The summed E-state index contributed by atoms with van der Waals surface area (Å²) in [6.07, 6.45) is 3.64. The first-order valence-electron chi connectivity index (χ1n) is 10.4. The van der Waals surface area contributed by atoms with Crippen molar-refractivity contribution >= 4 is 5.91 Å². The molecule has 1 saturated carbocycles. The summed E-state index contributed by atoms with van der Waals surface area (Å²) in [5.41, 5.74) is 1.01. The van der Waals surface area contributed by atoms with Gasteiger partial charge in [0.25, 0.3) is 0 Å². The van der Waals surface area contributed by atoms with Crippen molar-refractivity contribution in [2.75, 3.05) is 0 Å². The summed E-state index contributed by atoms with van der Waals surface area (Å²) in [7, 11) is 0. The molecule has 2 aromatic rings. The lowest BCUT2D eigenvalue weighted by Gasteiger charge is -2.52. The third-order valence-corrected chi connectivity index (χ3v) is 6.33. The summed E-state index contributed by atoms with van der Waals surface area (Å²) < 4.78 is 11.1. The number of nitrogens with one attached hydrogen (secondary N) is 1. The monoisotopic (exact) mass is 384 g/mol. The van der Waals surface area contributed by atoms with Gasteiger partial charge in [0.15, 0.2) is 5.76 Å². The van der Waals surface area contributed by atoms with E-state index in [0.29, 0.717) is 12.5 Å². The van der Waals surface area contributed by atoms with Gasteiger partial charge in [-0.1, -0.05) is 51.1 Å². The van der Waals surface area contributed by atoms with Gasteiger partial charge in [0, 0.05) is 18.0 Å². The van der Waals surface area contributed by atoms with Crippen LogP contribution in [0.1, 0.15) is 58.4 Å². The molecule has 0 aliphatic heterocycles. The number of benzene rings is 1. The molecule has 1 N–H and O–H groups in total. The minimum absolute atomic E-state index is 0.0569. The molecule has 1 aliphatic carbocycles. The molecule has 2 unspecified atom stereocenters. The standard InChI is InChI=1S/C23H32N2O3/c1-5-16(6-2)22(26)24-21-13-17(23(21,3)4)12-18-14-20(28-25-18)15-27-19-10-8-7-9-11-19/h7-11,14,16-17,21H,5-6,12-13,15H2,1-4H3,(H,24,26). The van der Waals surface area contributed by atoms with Crippen molar-refractivity contribution in [3.63, 3.8) is 0 Å². The van der Waals surface area contributed by atoms with E-state index in [1.54, 1.807) is 0 Å². The van der Waals surface area contributed by atoms with E-state index in [1.165, 1.54) is 0 Å². The van der Waals surface area contributed by atoms with E-state index in [9.17, 15) is 4.79 Å². The molecular weight excluding hydrogens is 352 g/mol. The molecule has 5 heteroatoms. The average Bonchev–Trinajstić information content (AvgIpc) is 3.15. The lowest BCUT2D eigenvalue weighted by atomic mass is 9.57. The molecule has 3 rings (SSSR count). The fourth-order valence-electron chi connectivity index (χ4n) is 4.00. The van der Waals surface area contributed by atoms with Gasteiger partial charge < -0.3 is 14.6 Å². The van der Waals surface area contributed by atoms with Crippen LogP contribution >= 0.6 is 0 Å². The number of rotatable bonds is 9. The van der Waals surface area contributed by atoms with E-state index in [4.69, 9.17) is 9.26 Å². The highest BCUT2D eigenvalue weighted by Gasteiger charge is 2.48. The van der Waals surface area contributed by atoms with E-state index in [1.807, 2.05) is 36.4 Å². The zero-order valence-corrected chi connectivity index (χ0v) is 17.4. The Balaban J connectivity index is 1.50. The summed E-state index contributed by atoms with van der Waals surface area (Å²) in [4.78, 5) is 12.4. The Hall–Kier alpha value is -2.30. The van der Waals surface area contributed by atoms with Gasteiger partial charge in [-0.3, -0.25) is 4.79 Å². The number of hydrogen-bond donors (Lipinski definition) is 1. The molecule has 1 heterocycles. The lowest BCUT2D eigenvalue weighted by Crippen LogP contribution is -2.59. The highest BCUT2D eigenvalue weighted by molar-refractivity contribution is 5.79. The van der Waals surface area contributed by atoms with Crippen LogP contribution in [-0.4, -0.2) is 17.1 Å². The molecule has 0 radical (unpaired) electrons. The maximum atomic E-state index is 12.4. The maximum Gasteiger partial charge on any atom is 0.223 e. The third kappa shape index (κ3) is 4.57. The Morgan fingerprint density at radius 3 is 2.64 bits per heavy atom. The van der Waals surface area contributed by atoms with Gasteiger partial charge in [-0.25, -0.2) is 0 Å². The fraction of sp³-hybridized carbons (Fsp3) is 0.565. The Kier molecular flexibility index (Phi) is 6.42. The van der Waals surface area contributed by atoms with Crippen molar-refractivity contribution < 1.29 is 14.1 Å². The van der Waals surface area contributed by atoms with Gasteiger partial charge in [-0.2, -0.15) is 0 Å². The number of nitrogens with zero attached hydrogens (tertiary/aromatic N) is 1. The molecule has 0 spiro atoms. The van der Waals surface area contributed by atoms with Crippen LogP contribution in [0.3, 0.4) is 0 Å². The second kappa shape index (κ2) is 8.80. The van der Waals surface area contributed by atoms with Gasteiger partial charge in [0.2, 0.25) is 5.91 Å². The van der Waals surface area contributed by atoms with Crippen molar-refractivity contribution in [1.82, 2.24) is 10.5 Å². The van der Waals surface area contributed by atoms with E-state index >= 15 is 0 Å². The Bertz CT molecular complexity index is 765. The lowest BCUT2D eigenvalue weighted by molar-refractivity contribution is -0.129. The van der Waals surface area contributed by atoms with Crippen LogP contribution in [0.15, 0.2) is 40.9 Å². The second-order valence-electron chi connectivity index (χ2n) is 8.42. The maximum absolute atomic E-state index is 12.4. The van der Waals surface area contributed by atoms with E-state index in [0.717, 1.165) is 42.9 Å². The van der Waals surface area contributed by atoms with Gasteiger partial charge in [0.05, 0.1) is 5.69 Å². The first-order chi connectivity index (χ1) is 13.4. The highest BCUT2D eigenvalue weighted by Crippen LogP contribution is 2.47. The minimum Gasteiger partial charge on any atom is -0.486 e. The molecule has 152 valence electrons. The van der Waals surface area contributed by atoms with E-state index in [-0.39, 0.29) is 23.3 Å². The number of amides is 1. The number of carbonyl (C=O) groups is 1. The highest BCUT2D eigenvalue weighted by atomic mass is 16.5. The normalized spacial score (nSPS) is 20.6. The Morgan fingerprint density at radius 1 is 1.29 bits per heavy atom. The van der Waals surface area contributed by atoms with E-state index < -0.39 is 0 Å². The summed E-state index contributed by atoms with van der Waals surface area (Å²) in [6.45, 7) is 8.99. The van der Waals surface area contributed by atoms with Crippen LogP contribution in [0.4, 0.5) is 0 Å². The second-order valence-corrected chi connectivity index (χ2v) is 8.42. The van der Waals surface area contributed by atoms with Gasteiger partial charge >= 0.3 is 0 Å². The van der Waals surface area contributed by atoms with Gasteiger partial charge in [-0.15, -0.1) is 0 Å². The first kappa shape index (κ1) is 20.4. The zero-order chi connectivity index (χ0) is 20.1. The van der Waals surface area contributed by atoms with Gasteiger partial charge in [0.1, 0.15) is 12.4 Å². The van der Waals surface area contributed by atoms with Crippen LogP contribution in [0, 0.1) is 17.3 Å². The molecule has 1 fully saturated rings. The Labute approximate surface area is 167 Å². The summed E-state index contributed by atoms with van der Waals surface area (Å²) in [5, 5.41) is 7.48. The molecule has 28 heavy (non-hydrogen) atoms. The van der Waals surface area contributed by atoms with E-state index in [2.05, 4.69) is 38.2 Å². The summed E-state index contributed by atoms with van der Waals surface area (Å²) in [5.74, 6) is 2.35. The molecule has 1 amide bonds. The van der Waals surface area contributed by atoms with Crippen molar-refractivity contribution in [2.45, 2.75) is 66.0 Å². The largest absolute Gasteiger partial charge is 0.486 e. The smallest absolute Gasteiger partial charge is 0.223 e. The molecule has 0 saturated heterocycles. The van der Waals surface area contributed by atoms with Crippen molar-refractivity contribution in [2.24, 2.45) is 17.3 Å². The van der Waals surface area contributed by atoms with Gasteiger partial charge in [-0.05, 0) is 49.1 Å². The molecule has 2 atom stereocenters. The molecule has 0 bridgehead atoms. The average molecular weight is 385 g/mol. The third-order valence-electron chi connectivity index (χ3n) is 6.33. The van der Waals surface area contributed by atoms with Crippen LogP contribution in [0.5, 0.6) is 5.75 Å². The minimum atomic E-state index is 0.0569. The number of carbonyl (C=O) groups excluding carboxylic acids is 1. The van der Waals surface area contributed by atoms with Crippen molar-refractivity contribution in [1.29, 1.82) is 0 Å². The molecule has 1 aromatic carbocycles. The van der Waals surface area contributed by atoms with Crippen LogP contribution in [0.2, 0.25) is 0 Å². The SMILES string of the molecule is CCC(CC)C(=O)NC1CC(Cc2cc(COc3ccccc3)on2)C1(C)C. The number of para-hydroxylation sites is 1. The molecule has 5 nitrogen and oxygen atoms in total. The molecular formula is C23H32N2O3.